The van der Waals surface area contributed by atoms with Crippen molar-refractivity contribution in [1.82, 2.24) is 15.8 Å². The van der Waals surface area contributed by atoms with E-state index in [-0.39, 0.29) is 0 Å². The molecule has 0 bridgehead atoms. The summed E-state index contributed by atoms with van der Waals surface area (Å²) in [7, 11) is 0. The third-order valence-electron chi connectivity index (χ3n) is 5.31. The van der Waals surface area contributed by atoms with Gasteiger partial charge in [0.15, 0.2) is 11.5 Å². The Morgan fingerprint density at radius 3 is 3.04 bits per heavy atom. The number of hydrogen-bond donors (Lipinski definition) is 2. The van der Waals surface area contributed by atoms with E-state index in [1.54, 1.807) is 0 Å². The van der Waals surface area contributed by atoms with Crippen LogP contribution in [0.5, 0.6) is 11.5 Å². The molecular weight excluding hydrogens is 322 g/mol. The molecule has 1 aromatic heterocycles. The van der Waals surface area contributed by atoms with E-state index in [4.69, 9.17) is 9.47 Å². The fourth-order valence-corrected chi connectivity index (χ4v) is 4.82. The molecule has 2 fully saturated rings. The largest absolute Gasteiger partial charge is 0.454 e. The molecule has 0 spiro atoms. The van der Waals surface area contributed by atoms with Crippen molar-refractivity contribution in [3.05, 3.63) is 46.2 Å². The second-order valence-electron chi connectivity index (χ2n) is 6.75. The first-order valence-corrected chi connectivity index (χ1v) is 9.40. The topological polar surface area (TPSA) is 45.8 Å². The highest BCUT2D eigenvalue weighted by atomic mass is 32.1. The predicted molar refractivity (Wildman–Crippen MR) is 93.1 cm³/mol. The predicted octanol–water partition coefficient (Wildman–Crippen LogP) is 2.52. The quantitative estimate of drug-likeness (QED) is 0.897. The van der Waals surface area contributed by atoms with Crippen LogP contribution in [0.25, 0.3) is 0 Å². The fraction of sp³-hybridized carbons (Fsp3) is 0.444. The lowest BCUT2D eigenvalue weighted by molar-refractivity contribution is 0.149. The molecule has 2 aromatic rings. The molecule has 2 N–H and O–H groups in total. The zero-order valence-electron chi connectivity index (χ0n) is 13.4. The average Bonchev–Trinajstić information content (AvgIpc) is 3.34. The van der Waals surface area contributed by atoms with E-state index >= 15 is 0 Å². The zero-order chi connectivity index (χ0) is 15.9. The third kappa shape index (κ3) is 2.59. The Labute approximate surface area is 145 Å². The molecule has 24 heavy (non-hydrogen) atoms. The number of ether oxygens (including phenoxy) is 2. The summed E-state index contributed by atoms with van der Waals surface area (Å²) < 4.78 is 11.0. The summed E-state index contributed by atoms with van der Waals surface area (Å²) in [6, 6.07) is 11.5. The van der Waals surface area contributed by atoms with Gasteiger partial charge in [0.2, 0.25) is 6.79 Å². The van der Waals surface area contributed by atoms with Gasteiger partial charge in [-0.2, -0.15) is 0 Å². The molecule has 5 nitrogen and oxygen atoms in total. The molecule has 3 aliphatic heterocycles. The van der Waals surface area contributed by atoms with Crippen LogP contribution in [0.1, 0.15) is 22.9 Å². The van der Waals surface area contributed by atoms with Crippen LogP contribution in [0.2, 0.25) is 0 Å². The number of likely N-dealkylation sites (tertiary alicyclic amines) is 1. The number of rotatable bonds is 3. The minimum atomic E-state index is 0.315. The summed E-state index contributed by atoms with van der Waals surface area (Å²) in [4.78, 5) is 4.04. The summed E-state index contributed by atoms with van der Waals surface area (Å²) >= 11 is 1.85. The number of thiophene rings is 1. The Hall–Kier alpha value is -1.60. The summed E-state index contributed by atoms with van der Waals surface area (Å²) in [6.45, 7) is 3.66. The van der Waals surface area contributed by atoms with Crippen molar-refractivity contribution in [3.63, 3.8) is 0 Å². The number of piperidine rings is 1. The molecule has 1 aromatic carbocycles. The highest BCUT2D eigenvalue weighted by Crippen LogP contribution is 2.39. The number of nitrogens with one attached hydrogen (secondary N) is 2. The van der Waals surface area contributed by atoms with Gasteiger partial charge < -0.3 is 9.47 Å². The monoisotopic (exact) mass is 343 g/mol. The van der Waals surface area contributed by atoms with Crippen LogP contribution >= 0.6 is 11.3 Å². The van der Waals surface area contributed by atoms with E-state index in [9.17, 15) is 0 Å². The molecule has 0 radical (unpaired) electrons. The lowest BCUT2D eigenvalue weighted by Crippen LogP contribution is -2.45. The molecule has 6 heteroatoms. The Balaban J connectivity index is 1.34. The Kier molecular flexibility index (Phi) is 3.70. The van der Waals surface area contributed by atoms with Gasteiger partial charge in [-0.15, -0.1) is 11.3 Å². The van der Waals surface area contributed by atoms with Crippen LogP contribution in [-0.2, 0) is 6.54 Å². The van der Waals surface area contributed by atoms with E-state index in [1.165, 1.54) is 16.9 Å². The van der Waals surface area contributed by atoms with Crippen LogP contribution < -0.4 is 20.3 Å². The molecule has 3 unspecified atom stereocenters. The van der Waals surface area contributed by atoms with Gasteiger partial charge in [-0.1, -0.05) is 12.1 Å². The molecule has 2 saturated heterocycles. The van der Waals surface area contributed by atoms with Crippen molar-refractivity contribution in [2.75, 3.05) is 19.9 Å². The lowest BCUT2D eigenvalue weighted by atomic mass is 9.85. The van der Waals surface area contributed by atoms with Crippen molar-refractivity contribution in [2.24, 2.45) is 5.92 Å². The Morgan fingerprint density at radius 1 is 1.17 bits per heavy atom. The zero-order valence-corrected chi connectivity index (χ0v) is 14.2. The van der Waals surface area contributed by atoms with Crippen molar-refractivity contribution < 1.29 is 9.47 Å². The van der Waals surface area contributed by atoms with Crippen molar-refractivity contribution in [3.8, 4) is 11.5 Å². The van der Waals surface area contributed by atoms with Crippen LogP contribution in [0.4, 0.5) is 0 Å². The molecule has 126 valence electrons. The van der Waals surface area contributed by atoms with Gasteiger partial charge in [-0.05, 0) is 35.6 Å². The molecule has 0 saturated carbocycles. The summed E-state index contributed by atoms with van der Waals surface area (Å²) in [5, 5.41) is 2.16. The van der Waals surface area contributed by atoms with Crippen LogP contribution in [0.15, 0.2) is 35.7 Å². The SMILES string of the molecule is c1csc(CN2CCC3NNC(c4ccc5c(c4)OCO5)C3C2)c1. The third-order valence-corrected chi connectivity index (χ3v) is 6.17. The minimum Gasteiger partial charge on any atom is -0.454 e. The van der Waals surface area contributed by atoms with Gasteiger partial charge in [0.05, 0.1) is 6.04 Å². The van der Waals surface area contributed by atoms with Gasteiger partial charge >= 0.3 is 0 Å². The van der Waals surface area contributed by atoms with E-state index in [1.807, 2.05) is 17.4 Å². The maximum Gasteiger partial charge on any atom is 0.231 e. The van der Waals surface area contributed by atoms with Crippen LogP contribution in [0.3, 0.4) is 0 Å². The van der Waals surface area contributed by atoms with Crippen LogP contribution in [0, 0.1) is 5.92 Å². The molecule has 0 aliphatic carbocycles. The van der Waals surface area contributed by atoms with Crippen molar-refractivity contribution in [1.29, 1.82) is 0 Å². The number of hydrogen-bond acceptors (Lipinski definition) is 6. The van der Waals surface area contributed by atoms with Crippen LogP contribution in [-0.4, -0.2) is 30.8 Å². The van der Waals surface area contributed by atoms with E-state index in [0.29, 0.717) is 24.8 Å². The standard InChI is InChI=1S/C18H21N3O2S/c1-2-13(24-7-1)9-21-6-5-15-14(10-21)18(20-19-15)12-3-4-16-17(8-12)23-11-22-16/h1-4,7-8,14-15,18-20H,5-6,9-11H2. The minimum absolute atomic E-state index is 0.315. The van der Waals surface area contributed by atoms with E-state index in [2.05, 4.69) is 45.4 Å². The first kappa shape index (κ1) is 14.7. The van der Waals surface area contributed by atoms with Gasteiger partial charge in [0, 0.05) is 36.5 Å². The maximum absolute atomic E-state index is 5.55. The average molecular weight is 343 g/mol. The Morgan fingerprint density at radius 2 is 2.12 bits per heavy atom. The summed E-state index contributed by atoms with van der Waals surface area (Å²) in [5.74, 6) is 2.28. The number of hydrazine groups is 1. The smallest absolute Gasteiger partial charge is 0.231 e. The molecule has 3 aliphatic rings. The highest BCUT2D eigenvalue weighted by Gasteiger charge is 2.40. The number of nitrogens with zero attached hydrogens (tertiary/aromatic N) is 1. The fourth-order valence-electron chi connectivity index (χ4n) is 4.08. The maximum atomic E-state index is 5.55. The van der Waals surface area contributed by atoms with Gasteiger partial charge in [0.25, 0.3) is 0 Å². The summed E-state index contributed by atoms with van der Waals surface area (Å²) in [5.41, 5.74) is 8.30. The number of benzene rings is 1. The highest BCUT2D eigenvalue weighted by molar-refractivity contribution is 7.09. The van der Waals surface area contributed by atoms with Gasteiger partial charge in [0.1, 0.15) is 0 Å². The first-order chi connectivity index (χ1) is 11.9. The lowest BCUT2D eigenvalue weighted by Gasteiger charge is -2.36. The normalized spacial score (nSPS) is 28.9. The Bertz CT molecular complexity index is 721. The molecule has 5 rings (SSSR count). The summed E-state index contributed by atoms with van der Waals surface area (Å²) in [6.07, 6.45) is 1.18. The molecular formula is C18H21N3O2S. The molecule has 3 atom stereocenters. The van der Waals surface area contributed by atoms with E-state index in [0.717, 1.165) is 31.1 Å². The second-order valence-corrected chi connectivity index (χ2v) is 7.78. The molecule has 4 heterocycles. The number of fused-ring (bicyclic) bond motifs is 2. The second kappa shape index (κ2) is 6.04. The van der Waals surface area contributed by atoms with Gasteiger partial charge in [-0.3, -0.25) is 10.3 Å². The first-order valence-electron chi connectivity index (χ1n) is 8.52. The van der Waals surface area contributed by atoms with Gasteiger partial charge in [-0.25, -0.2) is 5.43 Å². The van der Waals surface area contributed by atoms with Crippen molar-refractivity contribution >= 4 is 11.3 Å². The van der Waals surface area contributed by atoms with Crippen molar-refractivity contribution in [2.45, 2.75) is 25.0 Å². The molecule has 0 amide bonds. The van der Waals surface area contributed by atoms with E-state index < -0.39 is 0 Å².